The van der Waals surface area contributed by atoms with Gasteiger partial charge in [-0.3, -0.25) is 4.79 Å². The van der Waals surface area contributed by atoms with E-state index < -0.39 is 0 Å². The number of hydrogen-bond acceptors (Lipinski definition) is 4. The molecule has 0 aliphatic heterocycles. The smallest absolute Gasteiger partial charge is 0.236 e. The van der Waals surface area contributed by atoms with Crippen LogP contribution in [0.2, 0.25) is 0 Å². The van der Waals surface area contributed by atoms with Gasteiger partial charge in [0.25, 0.3) is 0 Å². The van der Waals surface area contributed by atoms with Crippen molar-refractivity contribution in [3.05, 3.63) is 40.9 Å². The summed E-state index contributed by atoms with van der Waals surface area (Å²) in [5.74, 6) is 0.777. The first-order valence-electron chi connectivity index (χ1n) is 6.49. The average Bonchev–Trinajstić information content (AvgIpc) is 2.87. The standard InChI is InChI=1S/C15H18N2OS2/c1-10(2)13-8-20-15(16-13)17-14(18)9-19-12-6-4-11(3)5-7-12/h4-8,10H,9H2,1-3H3,(H,16,17,18). The third kappa shape index (κ3) is 4.35. The van der Waals surface area contributed by atoms with Gasteiger partial charge in [-0.2, -0.15) is 0 Å². The Morgan fingerprint density at radius 3 is 2.65 bits per heavy atom. The molecular weight excluding hydrogens is 288 g/mol. The molecule has 0 fully saturated rings. The van der Waals surface area contributed by atoms with Gasteiger partial charge in [0.1, 0.15) is 0 Å². The second kappa shape index (κ2) is 6.90. The topological polar surface area (TPSA) is 42.0 Å². The Hall–Kier alpha value is -1.33. The van der Waals surface area contributed by atoms with Crippen LogP contribution in [0, 0.1) is 6.92 Å². The van der Waals surface area contributed by atoms with Gasteiger partial charge in [0.05, 0.1) is 11.4 Å². The van der Waals surface area contributed by atoms with E-state index in [9.17, 15) is 4.79 Å². The van der Waals surface area contributed by atoms with Gasteiger partial charge in [-0.1, -0.05) is 31.5 Å². The third-order valence-electron chi connectivity index (χ3n) is 2.75. The molecule has 0 saturated carbocycles. The molecule has 0 bridgehead atoms. The summed E-state index contributed by atoms with van der Waals surface area (Å²) in [7, 11) is 0. The van der Waals surface area contributed by atoms with Gasteiger partial charge >= 0.3 is 0 Å². The number of thioether (sulfide) groups is 1. The van der Waals surface area contributed by atoms with Crippen molar-refractivity contribution >= 4 is 34.1 Å². The molecule has 0 atom stereocenters. The van der Waals surface area contributed by atoms with Gasteiger partial charge in [0.2, 0.25) is 5.91 Å². The summed E-state index contributed by atoms with van der Waals surface area (Å²) in [5.41, 5.74) is 2.25. The van der Waals surface area contributed by atoms with E-state index in [4.69, 9.17) is 0 Å². The highest BCUT2D eigenvalue weighted by molar-refractivity contribution is 8.00. The SMILES string of the molecule is Cc1ccc(SCC(=O)Nc2nc(C(C)C)cs2)cc1. The minimum Gasteiger partial charge on any atom is -0.301 e. The fourth-order valence-electron chi connectivity index (χ4n) is 1.55. The molecule has 1 amide bonds. The van der Waals surface area contributed by atoms with Crippen molar-refractivity contribution < 1.29 is 4.79 Å². The molecule has 2 rings (SSSR count). The van der Waals surface area contributed by atoms with E-state index in [1.54, 1.807) is 0 Å². The molecule has 3 nitrogen and oxygen atoms in total. The Balaban J connectivity index is 1.84. The van der Waals surface area contributed by atoms with Crippen molar-refractivity contribution in [3.63, 3.8) is 0 Å². The first-order chi connectivity index (χ1) is 9.54. The molecule has 1 aromatic carbocycles. The van der Waals surface area contributed by atoms with E-state index in [-0.39, 0.29) is 5.91 Å². The second-order valence-corrected chi connectivity index (χ2v) is 6.79. The lowest BCUT2D eigenvalue weighted by Crippen LogP contribution is -2.13. The Morgan fingerprint density at radius 1 is 1.35 bits per heavy atom. The minimum atomic E-state index is -0.0137. The molecular formula is C15H18N2OS2. The molecule has 0 unspecified atom stereocenters. The lowest BCUT2D eigenvalue weighted by Gasteiger charge is -2.03. The molecule has 0 aliphatic rings. The minimum absolute atomic E-state index is 0.0137. The number of amides is 1. The van der Waals surface area contributed by atoms with Gasteiger partial charge in [-0.15, -0.1) is 23.1 Å². The fourth-order valence-corrected chi connectivity index (χ4v) is 3.13. The predicted octanol–water partition coefficient (Wildman–Crippen LogP) is 4.31. The maximum absolute atomic E-state index is 11.9. The molecule has 1 N–H and O–H groups in total. The van der Waals surface area contributed by atoms with Crippen LogP contribution < -0.4 is 5.32 Å². The summed E-state index contributed by atoms with van der Waals surface area (Å²) in [4.78, 5) is 17.4. The zero-order valence-corrected chi connectivity index (χ0v) is 13.5. The van der Waals surface area contributed by atoms with Crippen molar-refractivity contribution in [2.24, 2.45) is 0 Å². The number of aryl methyl sites for hydroxylation is 1. The number of nitrogens with one attached hydrogen (secondary N) is 1. The summed E-state index contributed by atoms with van der Waals surface area (Å²) in [6.45, 7) is 6.23. The molecule has 1 aromatic heterocycles. The zero-order chi connectivity index (χ0) is 14.5. The molecule has 5 heteroatoms. The zero-order valence-electron chi connectivity index (χ0n) is 11.8. The molecule has 1 heterocycles. The van der Waals surface area contributed by atoms with Gasteiger partial charge in [0.15, 0.2) is 5.13 Å². The van der Waals surface area contributed by atoms with E-state index >= 15 is 0 Å². The van der Waals surface area contributed by atoms with Gasteiger partial charge in [0, 0.05) is 10.3 Å². The molecule has 2 aromatic rings. The highest BCUT2D eigenvalue weighted by atomic mass is 32.2. The number of carbonyl (C=O) groups excluding carboxylic acids is 1. The van der Waals surface area contributed by atoms with Crippen LogP contribution in [0.5, 0.6) is 0 Å². The van der Waals surface area contributed by atoms with Crippen LogP contribution in [-0.2, 0) is 4.79 Å². The van der Waals surface area contributed by atoms with Crippen LogP contribution in [0.3, 0.4) is 0 Å². The van der Waals surface area contributed by atoms with Gasteiger partial charge in [-0.25, -0.2) is 4.98 Å². The van der Waals surface area contributed by atoms with Crippen molar-refractivity contribution in [3.8, 4) is 0 Å². The summed E-state index contributed by atoms with van der Waals surface area (Å²) >= 11 is 3.01. The highest BCUT2D eigenvalue weighted by Crippen LogP contribution is 2.22. The van der Waals surface area contributed by atoms with Crippen molar-refractivity contribution in [2.75, 3.05) is 11.1 Å². The number of thiazole rings is 1. The Labute approximate surface area is 127 Å². The third-order valence-corrected chi connectivity index (χ3v) is 4.54. The number of carbonyl (C=O) groups is 1. The molecule has 0 aliphatic carbocycles. The lowest BCUT2D eigenvalue weighted by atomic mass is 10.2. The van der Waals surface area contributed by atoms with Crippen LogP contribution in [0.4, 0.5) is 5.13 Å². The van der Waals surface area contributed by atoms with Crippen LogP contribution in [0.15, 0.2) is 34.5 Å². The highest BCUT2D eigenvalue weighted by Gasteiger charge is 2.09. The van der Waals surface area contributed by atoms with E-state index in [0.29, 0.717) is 16.8 Å². The molecule has 106 valence electrons. The largest absolute Gasteiger partial charge is 0.301 e. The number of hydrogen-bond donors (Lipinski definition) is 1. The maximum atomic E-state index is 11.9. The predicted molar refractivity (Wildman–Crippen MR) is 86.7 cm³/mol. The van der Waals surface area contributed by atoms with E-state index in [0.717, 1.165) is 10.6 Å². The van der Waals surface area contributed by atoms with Crippen molar-refractivity contribution in [1.82, 2.24) is 4.98 Å². The van der Waals surface area contributed by atoms with E-state index in [2.05, 4.69) is 43.2 Å². The lowest BCUT2D eigenvalue weighted by molar-refractivity contribution is -0.113. The molecule has 0 radical (unpaired) electrons. The molecule has 20 heavy (non-hydrogen) atoms. The number of nitrogens with zero attached hydrogens (tertiary/aromatic N) is 1. The molecule has 0 spiro atoms. The number of aromatic nitrogens is 1. The number of rotatable bonds is 5. The normalized spacial score (nSPS) is 10.8. The van der Waals surface area contributed by atoms with Crippen LogP contribution in [0.1, 0.15) is 31.0 Å². The summed E-state index contributed by atoms with van der Waals surface area (Å²) < 4.78 is 0. The van der Waals surface area contributed by atoms with Crippen LogP contribution in [-0.4, -0.2) is 16.6 Å². The van der Waals surface area contributed by atoms with Crippen molar-refractivity contribution in [1.29, 1.82) is 0 Å². The van der Waals surface area contributed by atoms with Gasteiger partial charge in [-0.05, 0) is 25.0 Å². The first kappa shape index (κ1) is 15.1. The summed E-state index contributed by atoms with van der Waals surface area (Å²) in [5, 5.41) is 5.52. The van der Waals surface area contributed by atoms with Crippen LogP contribution >= 0.6 is 23.1 Å². The van der Waals surface area contributed by atoms with Crippen molar-refractivity contribution in [2.45, 2.75) is 31.6 Å². The Bertz CT molecular complexity index is 576. The summed E-state index contributed by atoms with van der Waals surface area (Å²) in [6, 6.07) is 8.17. The number of benzene rings is 1. The Morgan fingerprint density at radius 2 is 2.05 bits per heavy atom. The first-order valence-corrected chi connectivity index (χ1v) is 8.36. The Kier molecular flexibility index (Phi) is 5.20. The fraction of sp³-hybridized carbons (Fsp3) is 0.333. The van der Waals surface area contributed by atoms with E-state index in [1.165, 1.54) is 28.7 Å². The average molecular weight is 306 g/mol. The summed E-state index contributed by atoms with van der Waals surface area (Å²) in [6.07, 6.45) is 0. The second-order valence-electron chi connectivity index (χ2n) is 4.88. The van der Waals surface area contributed by atoms with E-state index in [1.807, 2.05) is 17.5 Å². The van der Waals surface area contributed by atoms with Crippen LogP contribution in [0.25, 0.3) is 0 Å². The quantitative estimate of drug-likeness (QED) is 0.837. The monoisotopic (exact) mass is 306 g/mol. The van der Waals surface area contributed by atoms with Gasteiger partial charge < -0.3 is 5.32 Å². The number of anilines is 1. The maximum Gasteiger partial charge on any atom is 0.236 e. The molecule has 0 saturated heterocycles.